The van der Waals surface area contributed by atoms with Crippen LogP contribution in [0.3, 0.4) is 0 Å². The maximum Gasteiger partial charge on any atom is 0.145 e. The first-order valence-corrected chi connectivity index (χ1v) is 7.21. The number of rotatable bonds is 7. The van der Waals surface area contributed by atoms with Crippen molar-refractivity contribution in [2.45, 2.75) is 26.2 Å². The molecule has 0 spiro atoms. The molecular weight excluding hydrogens is 260 g/mol. The lowest BCUT2D eigenvalue weighted by Gasteiger charge is -2.08. The van der Waals surface area contributed by atoms with Gasteiger partial charge in [0.2, 0.25) is 0 Å². The zero-order chi connectivity index (χ0) is 13.5. The topological polar surface area (TPSA) is 88.8 Å². The van der Waals surface area contributed by atoms with Crippen molar-refractivity contribution in [3.05, 3.63) is 28.5 Å². The molecule has 2 heterocycles. The van der Waals surface area contributed by atoms with Gasteiger partial charge in [-0.15, -0.1) is 11.3 Å². The molecule has 2 aromatic rings. The first-order valence-electron chi connectivity index (χ1n) is 6.27. The van der Waals surface area contributed by atoms with Crippen LogP contribution in [-0.4, -0.2) is 21.5 Å². The number of aromatic nitrogens is 3. The predicted octanol–water partition coefficient (Wildman–Crippen LogP) is 1.83. The van der Waals surface area contributed by atoms with Crippen LogP contribution < -0.4 is 16.6 Å². The summed E-state index contributed by atoms with van der Waals surface area (Å²) in [5.74, 6) is 7.64. The van der Waals surface area contributed by atoms with Crippen molar-refractivity contribution in [1.29, 1.82) is 0 Å². The van der Waals surface area contributed by atoms with Crippen molar-refractivity contribution >= 4 is 23.0 Å². The van der Waals surface area contributed by atoms with Crippen molar-refractivity contribution in [1.82, 2.24) is 15.0 Å². The number of nitrogens with zero attached hydrogens (tertiary/aromatic N) is 3. The summed E-state index contributed by atoms with van der Waals surface area (Å²) in [5.41, 5.74) is 5.51. The lowest BCUT2D eigenvalue weighted by atomic mass is 10.3. The van der Waals surface area contributed by atoms with Gasteiger partial charge in [-0.1, -0.05) is 6.92 Å². The van der Waals surface area contributed by atoms with Gasteiger partial charge in [0.15, 0.2) is 0 Å². The van der Waals surface area contributed by atoms with Crippen LogP contribution in [0.5, 0.6) is 0 Å². The minimum absolute atomic E-state index is 0.634. The molecular formula is C12H18N6S. The number of hydrogen-bond donors (Lipinski definition) is 3. The molecule has 2 aromatic heterocycles. The van der Waals surface area contributed by atoms with Crippen LogP contribution in [0, 0.1) is 0 Å². The van der Waals surface area contributed by atoms with E-state index in [-0.39, 0.29) is 0 Å². The fourth-order valence-corrected chi connectivity index (χ4v) is 2.27. The Bertz CT molecular complexity index is 499. The van der Waals surface area contributed by atoms with E-state index in [4.69, 9.17) is 5.84 Å². The highest BCUT2D eigenvalue weighted by molar-refractivity contribution is 7.07. The summed E-state index contributed by atoms with van der Waals surface area (Å²) in [6.07, 6.45) is 2.73. The van der Waals surface area contributed by atoms with Crippen LogP contribution >= 0.6 is 11.3 Å². The van der Waals surface area contributed by atoms with E-state index in [1.807, 2.05) is 5.51 Å². The molecule has 0 bridgehead atoms. The van der Waals surface area contributed by atoms with Gasteiger partial charge < -0.3 is 10.7 Å². The zero-order valence-corrected chi connectivity index (χ0v) is 11.7. The van der Waals surface area contributed by atoms with Gasteiger partial charge in [-0.05, 0) is 6.42 Å². The molecule has 19 heavy (non-hydrogen) atoms. The Labute approximate surface area is 116 Å². The molecule has 6 nitrogen and oxygen atoms in total. The summed E-state index contributed by atoms with van der Waals surface area (Å²) >= 11 is 1.61. The van der Waals surface area contributed by atoms with Crippen LogP contribution in [-0.2, 0) is 12.8 Å². The fourth-order valence-electron chi connectivity index (χ4n) is 1.68. The van der Waals surface area contributed by atoms with Crippen LogP contribution in [0.15, 0.2) is 17.0 Å². The molecule has 0 aliphatic rings. The predicted molar refractivity (Wildman–Crippen MR) is 78.1 cm³/mol. The van der Waals surface area contributed by atoms with E-state index in [0.29, 0.717) is 5.82 Å². The van der Waals surface area contributed by atoms with E-state index in [1.165, 1.54) is 0 Å². The summed E-state index contributed by atoms with van der Waals surface area (Å²) in [5, 5.41) is 5.33. The number of hydrogen-bond acceptors (Lipinski definition) is 7. The summed E-state index contributed by atoms with van der Waals surface area (Å²) < 4.78 is 0. The zero-order valence-electron chi connectivity index (χ0n) is 10.9. The lowest BCUT2D eigenvalue weighted by Crippen LogP contribution is -2.13. The van der Waals surface area contributed by atoms with Crippen molar-refractivity contribution in [3.8, 4) is 0 Å². The standard InChI is InChI=1S/C12H18N6S/c1-2-3-10-16-11(6-12(17-10)18-13)14-5-4-9-7-19-8-15-9/h6-8H,2-5,13H2,1H3,(H2,14,16,17,18). The summed E-state index contributed by atoms with van der Waals surface area (Å²) in [6, 6.07) is 1.81. The maximum atomic E-state index is 5.41. The molecule has 0 radical (unpaired) electrons. The van der Waals surface area contributed by atoms with Gasteiger partial charge in [0, 0.05) is 30.8 Å². The van der Waals surface area contributed by atoms with Crippen molar-refractivity contribution in [3.63, 3.8) is 0 Å². The minimum Gasteiger partial charge on any atom is -0.370 e. The highest BCUT2D eigenvalue weighted by atomic mass is 32.1. The molecule has 0 saturated heterocycles. The molecule has 0 aliphatic heterocycles. The Morgan fingerprint density at radius 2 is 2.11 bits per heavy atom. The molecule has 0 fully saturated rings. The first-order chi connectivity index (χ1) is 9.31. The number of thiazole rings is 1. The van der Waals surface area contributed by atoms with E-state index in [2.05, 4.69) is 38.0 Å². The van der Waals surface area contributed by atoms with Gasteiger partial charge in [-0.25, -0.2) is 20.8 Å². The van der Waals surface area contributed by atoms with Gasteiger partial charge in [-0.3, -0.25) is 0 Å². The average molecular weight is 278 g/mol. The van der Waals surface area contributed by atoms with Gasteiger partial charge in [0.25, 0.3) is 0 Å². The highest BCUT2D eigenvalue weighted by Gasteiger charge is 2.03. The lowest BCUT2D eigenvalue weighted by molar-refractivity contribution is 0.833. The maximum absolute atomic E-state index is 5.41. The van der Waals surface area contributed by atoms with E-state index in [0.717, 1.165) is 43.1 Å². The molecule has 0 atom stereocenters. The molecule has 0 aliphatic carbocycles. The normalized spacial score (nSPS) is 10.4. The Kier molecular flexibility index (Phi) is 5.05. The SMILES string of the molecule is CCCc1nc(NN)cc(NCCc2cscn2)n1. The molecule has 2 rings (SSSR count). The molecule has 0 amide bonds. The largest absolute Gasteiger partial charge is 0.370 e. The van der Waals surface area contributed by atoms with E-state index in [1.54, 1.807) is 17.4 Å². The third kappa shape index (κ3) is 4.15. The van der Waals surface area contributed by atoms with Crippen LogP contribution in [0.25, 0.3) is 0 Å². The summed E-state index contributed by atoms with van der Waals surface area (Å²) in [7, 11) is 0. The third-order valence-electron chi connectivity index (χ3n) is 2.56. The molecule has 0 aromatic carbocycles. The fraction of sp³-hybridized carbons (Fsp3) is 0.417. The average Bonchev–Trinajstić information content (AvgIpc) is 2.92. The number of nitrogen functional groups attached to an aromatic ring is 1. The van der Waals surface area contributed by atoms with Crippen molar-refractivity contribution < 1.29 is 0 Å². The number of aryl methyl sites for hydroxylation is 1. The van der Waals surface area contributed by atoms with Gasteiger partial charge >= 0.3 is 0 Å². The van der Waals surface area contributed by atoms with Gasteiger partial charge in [0.1, 0.15) is 17.5 Å². The highest BCUT2D eigenvalue weighted by Crippen LogP contribution is 2.12. The van der Waals surface area contributed by atoms with Crippen molar-refractivity contribution in [2.75, 3.05) is 17.3 Å². The van der Waals surface area contributed by atoms with Crippen molar-refractivity contribution in [2.24, 2.45) is 5.84 Å². The summed E-state index contributed by atoms with van der Waals surface area (Å²) in [6.45, 7) is 2.89. The smallest absolute Gasteiger partial charge is 0.145 e. The second kappa shape index (κ2) is 7.01. The van der Waals surface area contributed by atoms with Crippen LogP contribution in [0.2, 0.25) is 0 Å². The Hall–Kier alpha value is -1.73. The Morgan fingerprint density at radius 1 is 1.26 bits per heavy atom. The van der Waals surface area contributed by atoms with E-state index >= 15 is 0 Å². The second-order valence-corrected chi connectivity index (χ2v) is 4.82. The molecule has 7 heteroatoms. The first kappa shape index (κ1) is 13.7. The Morgan fingerprint density at radius 3 is 2.79 bits per heavy atom. The van der Waals surface area contributed by atoms with Gasteiger partial charge in [-0.2, -0.15) is 0 Å². The minimum atomic E-state index is 0.634. The molecule has 0 saturated carbocycles. The quantitative estimate of drug-likeness (QED) is 0.529. The van der Waals surface area contributed by atoms with Crippen LogP contribution in [0.4, 0.5) is 11.6 Å². The number of anilines is 2. The number of nitrogens with two attached hydrogens (primary N) is 1. The van der Waals surface area contributed by atoms with E-state index in [9.17, 15) is 0 Å². The summed E-state index contributed by atoms with van der Waals surface area (Å²) in [4.78, 5) is 13.0. The van der Waals surface area contributed by atoms with E-state index < -0.39 is 0 Å². The van der Waals surface area contributed by atoms with Gasteiger partial charge in [0.05, 0.1) is 11.2 Å². The molecule has 0 unspecified atom stereocenters. The number of nitrogens with one attached hydrogen (secondary N) is 2. The molecule has 102 valence electrons. The monoisotopic (exact) mass is 278 g/mol. The second-order valence-electron chi connectivity index (χ2n) is 4.11. The van der Waals surface area contributed by atoms with Crippen LogP contribution in [0.1, 0.15) is 24.9 Å². The Balaban J connectivity index is 1.96. The molecule has 4 N–H and O–H groups in total. The number of hydrazine groups is 1. The third-order valence-corrected chi connectivity index (χ3v) is 3.20.